The van der Waals surface area contributed by atoms with E-state index in [0.29, 0.717) is 0 Å². The fraction of sp³-hybridized carbons (Fsp3) is 0.312. The minimum absolute atomic E-state index is 0.265. The first-order valence-electron chi connectivity index (χ1n) is 7.62. The van der Waals surface area contributed by atoms with Crippen LogP contribution in [0.2, 0.25) is 5.28 Å². The van der Waals surface area contributed by atoms with Crippen LogP contribution in [0.4, 0.5) is 11.5 Å². The van der Waals surface area contributed by atoms with Gasteiger partial charge in [-0.3, -0.25) is 4.68 Å². The first kappa shape index (κ1) is 14.3. The van der Waals surface area contributed by atoms with Gasteiger partial charge in [0.2, 0.25) is 5.28 Å². The highest BCUT2D eigenvalue weighted by Gasteiger charge is 2.22. The standard InChI is InChI=1S/C16H17ClN6/c1-21-14-13(11-18-21)15(20-16(17)19-14)23-9-7-22(8-10-23)12-5-3-2-4-6-12/h2-6,11H,7-10H2,1H3. The van der Waals surface area contributed by atoms with Crippen molar-refractivity contribution in [3.63, 3.8) is 0 Å². The molecule has 1 saturated heterocycles. The Morgan fingerprint density at radius 1 is 0.957 bits per heavy atom. The highest BCUT2D eigenvalue weighted by molar-refractivity contribution is 6.28. The van der Waals surface area contributed by atoms with Gasteiger partial charge in [0.25, 0.3) is 0 Å². The number of piperazine rings is 1. The Bertz CT molecular complexity index is 823. The Labute approximate surface area is 139 Å². The molecule has 118 valence electrons. The van der Waals surface area contributed by atoms with E-state index in [1.807, 2.05) is 19.3 Å². The number of hydrogen-bond acceptors (Lipinski definition) is 5. The van der Waals surface area contributed by atoms with Crippen molar-refractivity contribution in [2.75, 3.05) is 36.0 Å². The van der Waals surface area contributed by atoms with Gasteiger partial charge in [-0.15, -0.1) is 0 Å². The summed E-state index contributed by atoms with van der Waals surface area (Å²) in [5, 5.41) is 5.49. The summed E-state index contributed by atoms with van der Waals surface area (Å²) in [4.78, 5) is 13.4. The minimum atomic E-state index is 0.265. The molecule has 1 fully saturated rings. The lowest BCUT2D eigenvalue weighted by Crippen LogP contribution is -2.46. The summed E-state index contributed by atoms with van der Waals surface area (Å²) in [6.07, 6.45) is 1.81. The first-order valence-corrected chi connectivity index (χ1v) is 8.00. The molecule has 0 spiro atoms. The second-order valence-corrected chi connectivity index (χ2v) is 5.97. The van der Waals surface area contributed by atoms with E-state index in [9.17, 15) is 0 Å². The Kier molecular flexibility index (Phi) is 3.53. The third-order valence-electron chi connectivity index (χ3n) is 4.25. The molecule has 1 aliphatic rings. The van der Waals surface area contributed by atoms with Crippen LogP contribution < -0.4 is 9.80 Å². The van der Waals surface area contributed by atoms with Crippen molar-refractivity contribution in [1.82, 2.24) is 19.7 Å². The quantitative estimate of drug-likeness (QED) is 0.676. The summed E-state index contributed by atoms with van der Waals surface area (Å²) in [7, 11) is 1.86. The third-order valence-corrected chi connectivity index (χ3v) is 4.41. The van der Waals surface area contributed by atoms with E-state index in [2.05, 4.69) is 49.1 Å². The topological polar surface area (TPSA) is 50.1 Å². The van der Waals surface area contributed by atoms with E-state index in [4.69, 9.17) is 11.6 Å². The number of aryl methyl sites for hydroxylation is 1. The normalized spacial score (nSPS) is 15.4. The largest absolute Gasteiger partial charge is 0.368 e. The van der Waals surface area contributed by atoms with Crippen LogP contribution in [0.1, 0.15) is 0 Å². The van der Waals surface area contributed by atoms with E-state index in [1.165, 1.54) is 5.69 Å². The summed E-state index contributed by atoms with van der Waals surface area (Å²) in [6.45, 7) is 3.69. The number of para-hydroxylation sites is 1. The SMILES string of the molecule is Cn1ncc2c(N3CCN(c4ccccc4)CC3)nc(Cl)nc21. The van der Waals surface area contributed by atoms with Gasteiger partial charge in [0, 0.05) is 38.9 Å². The lowest BCUT2D eigenvalue weighted by Gasteiger charge is -2.36. The van der Waals surface area contributed by atoms with Gasteiger partial charge < -0.3 is 9.80 Å². The fourth-order valence-electron chi connectivity index (χ4n) is 3.04. The molecular formula is C16H17ClN6. The molecule has 0 atom stereocenters. The van der Waals surface area contributed by atoms with E-state index in [0.717, 1.165) is 43.0 Å². The summed E-state index contributed by atoms with van der Waals surface area (Å²) in [5.74, 6) is 0.876. The molecule has 0 amide bonds. The minimum Gasteiger partial charge on any atom is -0.368 e. The third kappa shape index (κ3) is 2.59. The number of hydrogen-bond donors (Lipinski definition) is 0. The molecule has 0 N–H and O–H groups in total. The number of halogens is 1. The lowest BCUT2D eigenvalue weighted by atomic mass is 10.2. The zero-order valence-corrected chi connectivity index (χ0v) is 13.6. The fourth-order valence-corrected chi connectivity index (χ4v) is 3.20. The molecule has 4 rings (SSSR count). The first-order chi connectivity index (χ1) is 11.2. The maximum Gasteiger partial charge on any atom is 0.226 e. The molecule has 7 heteroatoms. The van der Waals surface area contributed by atoms with Gasteiger partial charge in [-0.1, -0.05) is 18.2 Å². The molecule has 3 heterocycles. The van der Waals surface area contributed by atoms with Crippen LogP contribution in [0, 0.1) is 0 Å². The molecule has 0 radical (unpaired) electrons. The van der Waals surface area contributed by atoms with Crippen LogP contribution in [0.15, 0.2) is 36.5 Å². The van der Waals surface area contributed by atoms with Crippen molar-refractivity contribution in [3.05, 3.63) is 41.8 Å². The number of rotatable bonds is 2. The average Bonchev–Trinajstić information content (AvgIpc) is 2.96. The van der Waals surface area contributed by atoms with Crippen LogP contribution in [0.5, 0.6) is 0 Å². The summed E-state index contributed by atoms with van der Waals surface area (Å²) >= 11 is 6.10. The molecule has 23 heavy (non-hydrogen) atoms. The van der Waals surface area contributed by atoms with Gasteiger partial charge in [0.05, 0.1) is 11.6 Å². The molecule has 0 saturated carbocycles. The molecular weight excluding hydrogens is 312 g/mol. The second-order valence-electron chi connectivity index (χ2n) is 5.63. The lowest BCUT2D eigenvalue weighted by molar-refractivity contribution is 0.649. The molecule has 0 aliphatic carbocycles. The Morgan fingerprint density at radius 2 is 1.65 bits per heavy atom. The average molecular weight is 329 g/mol. The van der Waals surface area contributed by atoms with Crippen LogP contribution in [-0.4, -0.2) is 45.9 Å². The number of benzene rings is 1. The van der Waals surface area contributed by atoms with Crippen molar-refractivity contribution in [1.29, 1.82) is 0 Å². The van der Waals surface area contributed by atoms with Gasteiger partial charge in [-0.2, -0.15) is 15.1 Å². The van der Waals surface area contributed by atoms with E-state index >= 15 is 0 Å². The monoisotopic (exact) mass is 328 g/mol. The predicted molar refractivity (Wildman–Crippen MR) is 92.2 cm³/mol. The van der Waals surface area contributed by atoms with E-state index < -0.39 is 0 Å². The van der Waals surface area contributed by atoms with Gasteiger partial charge in [-0.05, 0) is 23.7 Å². The Balaban J connectivity index is 1.59. The molecule has 0 bridgehead atoms. The van der Waals surface area contributed by atoms with Crippen molar-refractivity contribution in [3.8, 4) is 0 Å². The van der Waals surface area contributed by atoms with Crippen molar-refractivity contribution >= 4 is 34.1 Å². The summed E-state index contributed by atoms with van der Waals surface area (Å²) < 4.78 is 1.73. The van der Waals surface area contributed by atoms with E-state index in [-0.39, 0.29) is 5.28 Å². The van der Waals surface area contributed by atoms with Gasteiger partial charge in [0.15, 0.2) is 5.65 Å². The molecule has 1 aromatic carbocycles. The van der Waals surface area contributed by atoms with Gasteiger partial charge in [-0.25, -0.2) is 0 Å². The highest BCUT2D eigenvalue weighted by atomic mass is 35.5. The zero-order valence-electron chi connectivity index (χ0n) is 12.9. The summed E-state index contributed by atoms with van der Waals surface area (Å²) in [5.41, 5.74) is 2.03. The van der Waals surface area contributed by atoms with Crippen molar-refractivity contribution < 1.29 is 0 Å². The van der Waals surface area contributed by atoms with Crippen LogP contribution in [0.25, 0.3) is 11.0 Å². The van der Waals surface area contributed by atoms with E-state index in [1.54, 1.807) is 4.68 Å². The van der Waals surface area contributed by atoms with Crippen LogP contribution >= 0.6 is 11.6 Å². The zero-order chi connectivity index (χ0) is 15.8. The Morgan fingerprint density at radius 3 is 2.39 bits per heavy atom. The Hall–Kier alpha value is -2.34. The molecule has 0 unspecified atom stereocenters. The summed E-state index contributed by atoms with van der Waals surface area (Å²) in [6, 6.07) is 10.5. The number of aromatic nitrogens is 4. The van der Waals surface area contributed by atoms with Gasteiger partial charge >= 0.3 is 0 Å². The molecule has 3 aromatic rings. The number of anilines is 2. The molecule has 2 aromatic heterocycles. The predicted octanol–water partition coefficient (Wildman–Crippen LogP) is 2.34. The highest BCUT2D eigenvalue weighted by Crippen LogP contribution is 2.26. The van der Waals surface area contributed by atoms with Crippen molar-refractivity contribution in [2.45, 2.75) is 0 Å². The second kappa shape index (κ2) is 5.70. The molecule has 1 aliphatic heterocycles. The maximum absolute atomic E-state index is 6.10. The molecule has 6 nitrogen and oxygen atoms in total. The van der Waals surface area contributed by atoms with Crippen molar-refractivity contribution in [2.24, 2.45) is 7.05 Å². The smallest absolute Gasteiger partial charge is 0.226 e. The van der Waals surface area contributed by atoms with Gasteiger partial charge in [0.1, 0.15) is 5.82 Å². The number of nitrogens with zero attached hydrogens (tertiary/aromatic N) is 6. The van der Waals surface area contributed by atoms with Crippen LogP contribution in [-0.2, 0) is 7.05 Å². The maximum atomic E-state index is 6.10. The van der Waals surface area contributed by atoms with Crippen LogP contribution in [0.3, 0.4) is 0 Å². The number of fused-ring (bicyclic) bond motifs is 1.